The Labute approximate surface area is 240 Å². The molecule has 2 aromatic rings. The van der Waals surface area contributed by atoms with E-state index in [0.29, 0.717) is 12.8 Å². The van der Waals surface area contributed by atoms with Crippen molar-refractivity contribution in [1.82, 2.24) is 0 Å². The predicted molar refractivity (Wildman–Crippen MR) is 167 cm³/mol. The number of carbonyl (C=O) groups excluding carboxylic acids is 2. The van der Waals surface area contributed by atoms with Crippen molar-refractivity contribution >= 4 is 24.6 Å². The average molecular weight is 549 g/mol. The summed E-state index contributed by atoms with van der Waals surface area (Å²) >= 11 is 0. The molecule has 40 heavy (non-hydrogen) atoms. The summed E-state index contributed by atoms with van der Waals surface area (Å²) in [5.74, 6) is 0.763. The lowest BCUT2D eigenvalue weighted by atomic mass is 9.84. The number of hydrogen-bond donors (Lipinski definition) is 4. The van der Waals surface area contributed by atoms with E-state index in [4.69, 9.17) is 10.5 Å². The molecule has 1 atom stereocenters. The van der Waals surface area contributed by atoms with Crippen LogP contribution in [-0.2, 0) is 11.3 Å². The number of anilines is 1. The maximum Gasteiger partial charge on any atom is 0.150 e. The van der Waals surface area contributed by atoms with Crippen LogP contribution in [-0.4, -0.2) is 44.2 Å². The van der Waals surface area contributed by atoms with E-state index in [2.05, 4.69) is 47.7 Å². The highest BCUT2D eigenvalue weighted by Crippen LogP contribution is 2.33. The zero-order valence-electron chi connectivity index (χ0n) is 24.2. The summed E-state index contributed by atoms with van der Waals surface area (Å²) in [6.45, 7) is 0.849. The number of aldehydes is 2. The topological polar surface area (TPSA) is 134 Å². The first-order valence-electron chi connectivity index (χ1n) is 14.1. The standard InChI is InChI=1S/C21H25NO.C10H14O2.CH4N2.CH5N/c1-22(15-17-7-9-18(16-23)10-8-17)21-13-11-20(12-14-21)19-5-3-2-4-6-19;11-8-2-1-3-9-4-6-10(12)7-5-9;2-1-3;1-2/h7-14,16,19H,2-6,15H2,1H3;4-6,8,10,12H,1-3,7H2;1H,(H3,2,3);2H2,1H3. The molecule has 2 aromatic carbocycles. The molecule has 0 saturated heterocycles. The van der Waals surface area contributed by atoms with Crippen molar-refractivity contribution in [2.45, 2.75) is 76.4 Å². The van der Waals surface area contributed by atoms with Crippen LogP contribution in [0.5, 0.6) is 0 Å². The second-order valence-electron chi connectivity index (χ2n) is 9.81. The molecule has 0 bridgehead atoms. The van der Waals surface area contributed by atoms with Gasteiger partial charge in [-0.25, -0.2) is 0 Å². The van der Waals surface area contributed by atoms with Gasteiger partial charge in [-0.3, -0.25) is 10.2 Å². The molecule has 0 heterocycles. The lowest BCUT2D eigenvalue weighted by Crippen LogP contribution is -2.16. The van der Waals surface area contributed by atoms with Crippen molar-refractivity contribution in [2.24, 2.45) is 11.5 Å². The Morgan fingerprint density at radius 2 is 1.62 bits per heavy atom. The molecule has 0 radical (unpaired) electrons. The van der Waals surface area contributed by atoms with E-state index in [1.54, 1.807) is 6.08 Å². The molecule has 6 N–H and O–H groups in total. The van der Waals surface area contributed by atoms with Crippen LogP contribution in [0.25, 0.3) is 0 Å². The SMILES string of the molecule is CN.CN(Cc1ccc(C=O)cc1)c1ccc(C2CCCCC2)cc1.N=CN.O=CCCCC1=CCC(O)C=C1. The fourth-order valence-corrected chi connectivity index (χ4v) is 4.73. The number of carbonyl (C=O) groups is 2. The van der Waals surface area contributed by atoms with E-state index >= 15 is 0 Å². The van der Waals surface area contributed by atoms with Crippen LogP contribution in [0.2, 0.25) is 0 Å². The Kier molecular flexibility index (Phi) is 18.4. The number of allylic oxidation sites excluding steroid dienone is 2. The van der Waals surface area contributed by atoms with Gasteiger partial charge in [-0.05, 0) is 68.3 Å². The van der Waals surface area contributed by atoms with Crippen molar-refractivity contribution in [3.05, 3.63) is 89.0 Å². The number of nitrogens with two attached hydrogens (primary N) is 2. The number of unbranched alkanes of at least 4 members (excludes halogenated alkanes) is 1. The van der Waals surface area contributed by atoms with E-state index in [1.807, 2.05) is 36.4 Å². The molecule has 2 aliphatic rings. The summed E-state index contributed by atoms with van der Waals surface area (Å²) in [5, 5.41) is 15.0. The van der Waals surface area contributed by atoms with Crippen molar-refractivity contribution in [3.63, 3.8) is 0 Å². The molecule has 1 saturated carbocycles. The zero-order valence-corrected chi connectivity index (χ0v) is 24.2. The maximum atomic E-state index is 10.7. The van der Waals surface area contributed by atoms with E-state index in [1.165, 1.54) is 61.5 Å². The summed E-state index contributed by atoms with van der Waals surface area (Å²) in [5.41, 5.74) is 14.8. The molecule has 7 heteroatoms. The minimum absolute atomic E-state index is 0.306. The molecule has 0 spiro atoms. The second-order valence-corrected chi connectivity index (χ2v) is 9.81. The van der Waals surface area contributed by atoms with Crippen LogP contribution in [0, 0.1) is 5.41 Å². The number of nitrogens with one attached hydrogen (secondary N) is 1. The van der Waals surface area contributed by atoms with Crippen LogP contribution in [0.4, 0.5) is 5.69 Å². The maximum absolute atomic E-state index is 10.7. The number of benzene rings is 2. The van der Waals surface area contributed by atoms with Gasteiger partial charge in [-0.1, -0.05) is 79.5 Å². The molecule has 1 unspecified atom stereocenters. The monoisotopic (exact) mass is 548 g/mol. The van der Waals surface area contributed by atoms with E-state index < -0.39 is 0 Å². The third-order valence-corrected chi connectivity index (χ3v) is 6.89. The molecule has 7 nitrogen and oxygen atoms in total. The largest absolute Gasteiger partial charge is 0.390 e. The van der Waals surface area contributed by atoms with E-state index in [9.17, 15) is 9.59 Å². The lowest BCUT2D eigenvalue weighted by Gasteiger charge is -2.24. The first kappa shape index (κ1) is 34.5. The van der Waals surface area contributed by atoms with Crippen LogP contribution >= 0.6 is 0 Å². The van der Waals surface area contributed by atoms with Crippen molar-refractivity contribution < 1.29 is 14.7 Å². The highest BCUT2D eigenvalue weighted by molar-refractivity contribution is 5.74. The smallest absolute Gasteiger partial charge is 0.150 e. The van der Waals surface area contributed by atoms with Crippen LogP contribution in [0.3, 0.4) is 0 Å². The van der Waals surface area contributed by atoms with E-state index in [0.717, 1.165) is 49.8 Å². The third-order valence-electron chi connectivity index (χ3n) is 6.89. The van der Waals surface area contributed by atoms with Gasteiger partial charge in [0.1, 0.15) is 12.6 Å². The number of aliphatic hydroxyl groups excluding tert-OH is 1. The van der Waals surface area contributed by atoms with Crippen molar-refractivity contribution in [3.8, 4) is 0 Å². The van der Waals surface area contributed by atoms with Gasteiger partial charge in [-0.2, -0.15) is 0 Å². The molecule has 0 amide bonds. The highest BCUT2D eigenvalue weighted by atomic mass is 16.3. The van der Waals surface area contributed by atoms with Gasteiger partial charge in [0.25, 0.3) is 0 Å². The quantitative estimate of drug-likeness (QED) is 0.133. The van der Waals surface area contributed by atoms with Gasteiger partial charge in [0.05, 0.1) is 12.4 Å². The minimum atomic E-state index is -0.306. The fourth-order valence-electron chi connectivity index (χ4n) is 4.73. The van der Waals surface area contributed by atoms with Crippen LogP contribution < -0.4 is 16.4 Å². The number of nitrogens with zero attached hydrogens (tertiary/aromatic N) is 1. The Morgan fingerprint density at radius 1 is 1.00 bits per heavy atom. The van der Waals surface area contributed by atoms with E-state index in [-0.39, 0.29) is 6.10 Å². The highest BCUT2D eigenvalue weighted by Gasteiger charge is 2.15. The summed E-state index contributed by atoms with van der Waals surface area (Å²) in [6, 6.07) is 16.9. The summed E-state index contributed by atoms with van der Waals surface area (Å²) in [4.78, 5) is 23.0. The first-order valence-corrected chi connectivity index (χ1v) is 14.1. The molecular weight excluding hydrogens is 500 g/mol. The Bertz CT molecular complexity index is 1030. The summed E-state index contributed by atoms with van der Waals surface area (Å²) in [7, 11) is 3.61. The summed E-state index contributed by atoms with van der Waals surface area (Å²) < 4.78 is 0. The summed E-state index contributed by atoms with van der Waals surface area (Å²) in [6.07, 6.45) is 18.1. The molecule has 2 aliphatic carbocycles. The molecule has 1 fully saturated rings. The first-order chi connectivity index (χ1) is 19.5. The zero-order chi connectivity index (χ0) is 29.6. The lowest BCUT2D eigenvalue weighted by molar-refractivity contribution is -0.107. The molecule has 0 aliphatic heterocycles. The van der Waals surface area contributed by atoms with Crippen LogP contribution in [0.1, 0.15) is 85.2 Å². The van der Waals surface area contributed by atoms with Gasteiger partial charge < -0.3 is 26.3 Å². The Morgan fingerprint density at radius 3 is 2.15 bits per heavy atom. The molecule has 218 valence electrons. The number of hydrogen-bond acceptors (Lipinski definition) is 6. The second kappa shape index (κ2) is 21.3. The van der Waals surface area contributed by atoms with Gasteiger partial charge >= 0.3 is 0 Å². The molecular formula is C33H48N4O3. The van der Waals surface area contributed by atoms with Crippen LogP contribution in [0.15, 0.2) is 72.3 Å². The number of aliphatic hydroxyl groups is 1. The normalized spacial score (nSPS) is 15.9. The van der Waals surface area contributed by atoms with Crippen molar-refractivity contribution in [1.29, 1.82) is 5.41 Å². The van der Waals surface area contributed by atoms with Gasteiger partial charge in [0.15, 0.2) is 0 Å². The predicted octanol–water partition coefficient (Wildman–Crippen LogP) is 5.91. The molecule has 4 rings (SSSR count). The minimum Gasteiger partial charge on any atom is -0.390 e. The van der Waals surface area contributed by atoms with Gasteiger partial charge in [-0.15, -0.1) is 0 Å². The molecule has 0 aromatic heterocycles. The average Bonchev–Trinajstić information content (AvgIpc) is 3.01. The van der Waals surface area contributed by atoms with Crippen molar-refractivity contribution in [2.75, 3.05) is 19.0 Å². The van der Waals surface area contributed by atoms with Gasteiger partial charge in [0, 0.05) is 31.3 Å². The Hall–Kier alpha value is -3.55. The van der Waals surface area contributed by atoms with Gasteiger partial charge in [0.2, 0.25) is 0 Å². The third kappa shape index (κ3) is 13.5. The number of rotatable bonds is 9. The Balaban J connectivity index is 0.000000396. The fraction of sp³-hybridized carbons (Fsp3) is 0.424.